The smallest absolute Gasteiger partial charge is 0.307 e. The van der Waals surface area contributed by atoms with Crippen molar-refractivity contribution in [1.82, 2.24) is 24.2 Å². The van der Waals surface area contributed by atoms with Gasteiger partial charge in [-0.1, -0.05) is 17.4 Å². The van der Waals surface area contributed by atoms with Crippen LogP contribution in [0, 0.1) is 0 Å². The largest absolute Gasteiger partial charge is 0.367 e. The molecule has 0 saturated carbocycles. The minimum atomic E-state index is 0.0137. The first-order chi connectivity index (χ1) is 14.9. The third-order valence-corrected chi connectivity index (χ3v) is 6.90. The number of carbonyl (C=O) groups is 1. The zero-order chi connectivity index (χ0) is 21.7. The number of anilines is 1. The number of benzene rings is 1. The molecule has 0 atom stereocenters. The van der Waals surface area contributed by atoms with E-state index in [9.17, 15) is 9.59 Å². The number of hydrogen-bond acceptors (Lipinski definition) is 6. The lowest BCUT2D eigenvalue weighted by Crippen LogP contribution is -2.60. The molecule has 5 rings (SSSR count). The van der Waals surface area contributed by atoms with Crippen molar-refractivity contribution >= 4 is 33.1 Å². The lowest BCUT2D eigenvalue weighted by molar-refractivity contribution is 0.0604. The number of pyridine rings is 1. The van der Waals surface area contributed by atoms with Gasteiger partial charge in [0.25, 0.3) is 5.91 Å². The summed E-state index contributed by atoms with van der Waals surface area (Å²) in [4.78, 5) is 32.9. The number of hydrogen-bond donors (Lipinski definition) is 0. The normalized spacial score (nSPS) is 14.1. The summed E-state index contributed by atoms with van der Waals surface area (Å²) in [5.74, 6) is 0.0137. The van der Waals surface area contributed by atoms with Crippen molar-refractivity contribution in [2.45, 2.75) is 6.04 Å². The van der Waals surface area contributed by atoms with Gasteiger partial charge in [-0.05, 0) is 23.8 Å². The van der Waals surface area contributed by atoms with E-state index in [1.54, 1.807) is 35.7 Å². The van der Waals surface area contributed by atoms with E-state index in [2.05, 4.69) is 21.0 Å². The summed E-state index contributed by atoms with van der Waals surface area (Å²) in [5, 5.41) is 4.08. The van der Waals surface area contributed by atoms with Crippen molar-refractivity contribution in [2.75, 3.05) is 25.0 Å². The summed E-state index contributed by atoms with van der Waals surface area (Å²) in [6.45, 7) is 1.33. The van der Waals surface area contributed by atoms with Crippen LogP contribution < -0.4 is 9.77 Å². The second-order valence-electron chi connectivity index (χ2n) is 7.92. The van der Waals surface area contributed by atoms with Crippen LogP contribution >= 0.6 is 11.3 Å². The Kier molecular flexibility index (Phi) is 4.62. The molecular weight excluding hydrogens is 412 g/mol. The topological polar surface area (TPSA) is 76.3 Å². The van der Waals surface area contributed by atoms with Crippen LogP contribution in [0.5, 0.6) is 0 Å². The third kappa shape index (κ3) is 3.40. The van der Waals surface area contributed by atoms with Crippen molar-refractivity contribution < 1.29 is 4.79 Å². The van der Waals surface area contributed by atoms with Gasteiger partial charge < -0.3 is 14.4 Å². The molecule has 1 aromatic carbocycles. The molecule has 8 nitrogen and oxygen atoms in total. The molecule has 0 unspecified atom stereocenters. The van der Waals surface area contributed by atoms with Crippen LogP contribution in [0.4, 0.5) is 5.69 Å². The molecule has 0 radical (unpaired) electrons. The van der Waals surface area contributed by atoms with E-state index in [1.165, 1.54) is 11.3 Å². The predicted molar refractivity (Wildman–Crippen MR) is 122 cm³/mol. The second kappa shape index (κ2) is 7.35. The highest BCUT2D eigenvalue weighted by Gasteiger charge is 2.34. The third-order valence-electron chi connectivity index (χ3n) is 5.91. The molecule has 4 heterocycles. The summed E-state index contributed by atoms with van der Waals surface area (Å²) < 4.78 is 4.27. The summed E-state index contributed by atoms with van der Waals surface area (Å²) in [6.07, 6.45) is 7.03. The molecule has 1 amide bonds. The summed E-state index contributed by atoms with van der Waals surface area (Å²) in [7, 11) is 5.63. The van der Waals surface area contributed by atoms with Gasteiger partial charge in [-0.2, -0.15) is 5.10 Å². The number of likely N-dealkylation sites (tertiary alicyclic amines) is 1. The fraction of sp³-hybridized carbons (Fsp3) is 0.273. The second-order valence-corrected chi connectivity index (χ2v) is 8.91. The van der Waals surface area contributed by atoms with Gasteiger partial charge in [0.05, 0.1) is 39.9 Å². The molecule has 1 aliphatic heterocycles. The van der Waals surface area contributed by atoms with E-state index in [0.717, 1.165) is 27.0 Å². The molecule has 1 fully saturated rings. The number of likely N-dealkylation sites (N-methyl/N-ethyl adjacent to an activating group) is 1. The molecule has 158 valence electrons. The van der Waals surface area contributed by atoms with Gasteiger partial charge in [-0.25, -0.2) is 0 Å². The van der Waals surface area contributed by atoms with Crippen LogP contribution in [0.1, 0.15) is 10.4 Å². The van der Waals surface area contributed by atoms with Crippen LogP contribution in [-0.2, 0) is 14.1 Å². The Morgan fingerprint density at radius 3 is 2.68 bits per heavy atom. The standard InChI is InChI=1S/C22H22N6O2S/c1-25-11-16(9-24-25)21(29)28-12-18(13-28)26(2)17-6-15(8-23-10-17)14-4-5-19-20(7-14)31-22(30)27(19)3/h4-11,18H,12-13H2,1-3H3. The molecule has 9 heteroatoms. The number of amides is 1. The molecular formula is C22H22N6O2S. The molecule has 31 heavy (non-hydrogen) atoms. The highest BCUT2D eigenvalue weighted by molar-refractivity contribution is 7.16. The molecule has 1 saturated heterocycles. The number of fused-ring (bicyclic) bond motifs is 1. The lowest BCUT2D eigenvalue weighted by Gasteiger charge is -2.44. The number of nitrogens with zero attached hydrogens (tertiary/aromatic N) is 6. The zero-order valence-electron chi connectivity index (χ0n) is 17.5. The van der Waals surface area contributed by atoms with E-state index in [-0.39, 0.29) is 16.8 Å². The highest BCUT2D eigenvalue weighted by atomic mass is 32.1. The quantitative estimate of drug-likeness (QED) is 0.493. The molecule has 4 aromatic rings. The fourth-order valence-electron chi connectivity index (χ4n) is 3.88. The van der Waals surface area contributed by atoms with Crippen molar-refractivity contribution in [3.05, 3.63) is 64.3 Å². The maximum atomic E-state index is 12.5. The van der Waals surface area contributed by atoms with Gasteiger partial charge in [-0.15, -0.1) is 0 Å². The minimum absolute atomic E-state index is 0.0137. The Balaban J connectivity index is 1.32. The Morgan fingerprint density at radius 1 is 1.13 bits per heavy atom. The number of thiazole rings is 1. The van der Waals surface area contributed by atoms with Crippen LogP contribution in [0.15, 0.2) is 53.8 Å². The summed E-state index contributed by atoms with van der Waals surface area (Å²) in [6, 6.07) is 8.38. The number of aromatic nitrogens is 4. The molecule has 0 bridgehead atoms. The van der Waals surface area contributed by atoms with Gasteiger partial charge in [-0.3, -0.25) is 19.3 Å². The highest BCUT2D eigenvalue weighted by Crippen LogP contribution is 2.29. The van der Waals surface area contributed by atoms with Crippen LogP contribution in [0.25, 0.3) is 21.3 Å². The van der Waals surface area contributed by atoms with Gasteiger partial charge in [0.1, 0.15) is 0 Å². The molecule has 0 N–H and O–H groups in total. The first-order valence-corrected chi connectivity index (χ1v) is 10.8. The average Bonchev–Trinajstić information content (AvgIpc) is 3.29. The first-order valence-electron chi connectivity index (χ1n) is 9.96. The maximum absolute atomic E-state index is 12.5. The molecule has 3 aromatic heterocycles. The zero-order valence-corrected chi connectivity index (χ0v) is 18.3. The summed E-state index contributed by atoms with van der Waals surface area (Å²) in [5.41, 5.74) is 4.58. The van der Waals surface area contributed by atoms with Gasteiger partial charge in [0.2, 0.25) is 0 Å². The van der Waals surface area contributed by atoms with Crippen molar-refractivity contribution in [3.8, 4) is 11.1 Å². The summed E-state index contributed by atoms with van der Waals surface area (Å²) >= 11 is 1.25. The predicted octanol–water partition coefficient (Wildman–Crippen LogP) is 2.36. The van der Waals surface area contributed by atoms with E-state index in [0.29, 0.717) is 18.7 Å². The SMILES string of the molecule is CN(c1cncc(-c2ccc3c(c2)sc(=O)n3C)c1)C1CN(C(=O)c2cnn(C)c2)C1. The number of carbonyl (C=O) groups excluding carboxylic acids is 1. The van der Waals surface area contributed by atoms with Crippen molar-refractivity contribution in [2.24, 2.45) is 14.1 Å². The Hall–Kier alpha value is -3.46. The van der Waals surface area contributed by atoms with E-state index in [4.69, 9.17) is 0 Å². The Bertz CT molecular complexity index is 1350. The van der Waals surface area contributed by atoms with Gasteiger partial charge >= 0.3 is 4.87 Å². The Labute approximate surface area is 183 Å². The van der Waals surface area contributed by atoms with E-state index >= 15 is 0 Å². The Morgan fingerprint density at radius 2 is 1.94 bits per heavy atom. The lowest BCUT2D eigenvalue weighted by atomic mass is 10.0. The van der Waals surface area contributed by atoms with Gasteiger partial charge in [0, 0.05) is 52.2 Å². The molecule has 0 spiro atoms. The van der Waals surface area contributed by atoms with Crippen LogP contribution in [0.2, 0.25) is 0 Å². The van der Waals surface area contributed by atoms with Crippen molar-refractivity contribution in [1.29, 1.82) is 0 Å². The first kappa shape index (κ1) is 19.5. The minimum Gasteiger partial charge on any atom is -0.367 e. The van der Waals surface area contributed by atoms with E-state index < -0.39 is 0 Å². The van der Waals surface area contributed by atoms with Crippen LogP contribution in [-0.4, -0.2) is 56.3 Å². The average molecular weight is 435 g/mol. The van der Waals surface area contributed by atoms with Crippen molar-refractivity contribution in [3.63, 3.8) is 0 Å². The molecule has 0 aliphatic carbocycles. The monoisotopic (exact) mass is 434 g/mol. The molecule has 1 aliphatic rings. The van der Waals surface area contributed by atoms with E-state index in [1.807, 2.05) is 42.5 Å². The number of aryl methyl sites for hydroxylation is 2. The van der Waals surface area contributed by atoms with Crippen LogP contribution in [0.3, 0.4) is 0 Å². The number of rotatable bonds is 4. The fourth-order valence-corrected chi connectivity index (χ4v) is 4.80. The van der Waals surface area contributed by atoms with Gasteiger partial charge in [0.15, 0.2) is 0 Å². The maximum Gasteiger partial charge on any atom is 0.307 e.